The maximum absolute atomic E-state index is 13.4. The van der Waals surface area contributed by atoms with Crippen LogP contribution < -0.4 is 5.32 Å². The lowest BCUT2D eigenvalue weighted by Crippen LogP contribution is -2.40. The Labute approximate surface area is 210 Å². The molecule has 0 bridgehead atoms. The molecule has 1 N–H and O–H groups in total. The fraction of sp³-hybridized carbons (Fsp3) is 0.280. The third kappa shape index (κ3) is 6.41. The first kappa shape index (κ1) is 25.6. The number of nitrogens with one attached hydrogen (secondary N) is 1. The maximum Gasteiger partial charge on any atom is 0.433 e. The molecular weight excluding hydrogens is 493 g/mol. The van der Waals surface area contributed by atoms with Crippen LogP contribution in [0, 0.1) is 0 Å². The van der Waals surface area contributed by atoms with Gasteiger partial charge in [0.2, 0.25) is 5.91 Å². The smallest absolute Gasteiger partial charge is 0.378 e. The minimum Gasteiger partial charge on any atom is -0.378 e. The average molecular weight is 517 g/mol. The first-order valence-electron chi connectivity index (χ1n) is 11.2. The highest BCUT2D eigenvalue weighted by molar-refractivity contribution is 8.00. The second-order valence-electron chi connectivity index (χ2n) is 8.02. The van der Waals surface area contributed by atoms with Crippen molar-refractivity contribution < 1.29 is 27.5 Å². The van der Waals surface area contributed by atoms with E-state index in [9.17, 15) is 22.8 Å². The molecule has 1 aliphatic heterocycles. The molecule has 2 aromatic carbocycles. The van der Waals surface area contributed by atoms with Gasteiger partial charge in [-0.15, -0.1) is 0 Å². The van der Waals surface area contributed by atoms with E-state index >= 15 is 0 Å². The number of anilines is 1. The normalized spacial score (nSPS) is 14.8. The molecule has 1 aliphatic rings. The lowest BCUT2D eigenvalue weighted by Gasteiger charge is -2.26. The van der Waals surface area contributed by atoms with Gasteiger partial charge in [-0.25, -0.2) is 9.97 Å². The zero-order chi connectivity index (χ0) is 25.7. The number of amides is 2. The molecule has 0 aliphatic carbocycles. The van der Waals surface area contributed by atoms with E-state index in [0.717, 1.165) is 17.8 Å². The monoisotopic (exact) mass is 516 g/mol. The largest absolute Gasteiger partial charge is 0.433 e. The number of hydrogen-bond donors (Lipinski definition) is 1. The molecule has 36 heavy (non-hydrogen) atoms. The minimum absolute atomic E-state index is 0.115. The van der Waals surface area contributed by atoms with E-state index in [1.165, 1.54) is 0 Å². The van der Waals surface area contributed by atoms with Crippen molar-refractivity contribution >= 4 is 29.3 Å². The number of morpholine rings is 1. The van der Waals surface area contributed by atoms with Gasteiger partial charge in [-0.2, -0.15) is 13.2 Å². The standard InChI is InChI=1S/C25H23F3N4O3S/c1-16(22(33)29-19-9-7-18(8-10-19)23(34)32-11-13-35-14-12-32)36-24-30-20(17-5-3-2-4-6-17)15-21(31-24)25(26,27)28/h2-10,15-16H,11-14H2,1H3,(H,29,33)/t16-/m1/s1. The van der Waals surface area contributed by atoms with Crippen molar-refractivity contribution in [1.82, 2.24) is 14.9 Å². The Bertz CT molecular complexity index is 1220. The molecule has 1 fully saturated rings. The summed E-state index contributed by atoms with van der Waals surface area (Å²) >= 11 is 0.830. The number of alkyl halides is 3. The highest BCUT2D eigenvalue weighted by atomic mass is 32.2. The second-order valence-corrected chi connectivity index (χ2v) is 9.32. The summed E-state index contributed by atoms with van der Waals surface area (Å²) in [5.74, 6) is -0.550. The second kappa shape index (κ2) is 11.1. The first-order chi connectivity index (χ1) is 17.2. The van der Waals surface area contributed by atoms with Crippen molar-refractivity contribution in [2.45, 2.75) is 23.5 Å². The summed E-state index contributed by atoms with van der Waals surface area (Å²) in [5, 5.41) is 1.78. The van der Waals surface area contributed by atoms with Gasteiger partial charge in [0, 0.05) is 29.9 Å². The number of carbonyl (C=O) groups excluding carboxylic acids is 2. The van der Waals surface area contributed by atoms with Gasteiger partial charge in [-0.3, -0.25) is 9.59 Å². The van der Waals surface area contributed by atoms with Gasteiger partial charge in [0.25, 0.3) is 5.91 Å². The summed E-state index contributed by atoms with van der Waals surface area (Å²) in [5.41, 5.74) is 0.501. The Morgan fingerprint density at radius 1 is 1.03 bits per heavy atom. The zero-order valence-electron chi connectivity index (χ0n) is 19.3. The molecule has 0 radical (unpaired) electrons. The van der Waals surface area contributed by atoms with Gasteiger partial charge in [-0.05, 0) is 37.3 Å². The van der Waals surface area contributed by atoms with Gasteiger partial charge in [-0.1, -0.05) is 42.1 Å². The van der Waals surface area contributed by atoms with Crippen LogP contribution >= 0.6 is 11.8 Å². The lowest BCUT2D eigenvalue weighted by molar-refractivity contribution is -0.141. The van der Waals surface area contributed by atoms with Crippen molar-refractivity contribution in [3.05, 3.63) is 71.9 Å². The number of carbonyl (C=O) groups is 2. The Hall–Kier alpha value is -3.44. The van der Waals surface area contributed by atoms with Gasteiger partial charge < -0.3 is 15.0 Å². The van der Waals surface area contributed by atoms with Gasteiger partial charge in [0.15, 0.2) is 5.16 Å². The lowest BCUT2D eigenvalue weighted by atomic mass is 10.1. The van der Waals surface area contributed by atoms with E-state index in [-0.39, 0.29) is 16.8 Å². The van der Waals surface area contributed by atoms with E-state index in [1.807, 2.05) is 0 Å². The van der Waals surface area contributed by atoms with Crippen molar-refractivity contribution in [3.8, 4) is 11.3 Å². The van der Waals surface area contributed by atoms with Crippen LogP contribution in [0.1, 0.15) is 23.0 Å². The minimum atomic E-state index is -4.66. The van der Waals surface area contributed by atoms with E-state index in [1.54, 1.807) is 66.4 Å². The predicted octanol–water partition coefficient (Wildman–Crippen LogP) is 4.75. The number of nitrogens with zero attached hydrogens (tertiary/aromatic N) is 3. The Morgan fingerprint density at radius 3 is 2.33 bits per heavy atom. The molecule has 4 rings (SSSR count). The summed E-state index contributed by atoms with van der Waals surface area (Å²) in [6.45, 7) is 3.60. The van der Waals surface area contributed by atoms with Crippen molar-refractivity contribution in [2.75, 3.05) is 31.6 Å². The van der Waals surface area contributed by atoms with Gasteiger partial charge in [0.05, 0.1) is 24.2 Å². The summed E-state index contributed by atoms with van der Waals surface area (Å²) in [7, 11) is 0. The SMILES string of the molecule is C[C@@H](Sc1nc(-c2ccccc2)cc(C(F)(F)F)n1)C(=O)Nc1ccc(C(=O)N2CCOCC2)cc1. The molecule has 1 aromatic heterocycles. The highest BCUT2D eigenvalue weighted by Crippen LogP contribution is 2.33. The number of thioether (sulfide) groups is 1. The predicted molar refractivity (Wildman–Crippen MR) is 130 cm³/mol. The number of rotatable bonds is 6. The Kier molecular flexibility index (Phi) is 7.90. The van der Waals surface area contributed by atoms with Crippen LogP contribution in [0.3, 0.4) is 0 Å². The van der Waals surface area contributed by atoms with Crippen LogP contribution in [0.25, 0.3) is 11.3 Å². The molecule has 0 saturated carbocycles. The van der Waals surface area contributed by atoms with Gasteiger partial charge in [0.1, 0.15) is 5.69 Å². The summed E-state index contributed by atoms with van der Waals surface area (Å²) in [6, 6.07) is 15.8. The van der Waals surface area contributed by atoms with E-state index in [0.29, 0.717) is 43.1 Å². The number of hydrogen-bond acceptors (Lipinski definition) is 6. The fourth-order valence-electron chi connectivity index (χ4n) is 3.48. The number of halogens is 3. The molecule has 3 aromatic rings. The van der Waals surface area contributed by atoms with Crippen molar-refractivity contribution in [2.24, 2.45) is 0 Å². The number of benzene rings is 2. The first-order valence-corrected chi connectivity index (χ1v) is 12.0. The van der Waals surface area contributed by atoms with Crippen LogP contribution in [0.4, 0.5) is 18.9 Å². The summed E-state index contributed by atoms with van der Waals surface area (Å²) < 4.78 is 45.6. The molecule has 11 heteroatoms. The molecule has 0 spiro atoms. The van der Waals surface area contributed by atoms with Crippen LogP contribution in [-0.4, -0.2) is 58.2 Å². The quantitative estimate of drug-likeness (QED) is 0.376. The number of ether oxygens (including phenoxy) is 1. The summed E-state index contributed by atoms with van der Waals surface area (Å²) in [6.07, 6.45) is -4.66. The molecule has 2 heterocycles. The van der Waals surface area contributed by atoms with Crippen LogP contribution in [0.2, 0.25) is 0 Å². The van der Waals surface area contributed by atoms with E-state index in [2.05, 4.69) is 15.3 Å². The fourth-order valence-corrected chi connectivity index (χ4v) is 4.26. The Balaban J connectivity index is 1.44. The molecule has 1 saturated heterocycles. The van der Waals surface area contributed by atoms with Gasteiger partial charge >= 0.3 is 6.18 Å². The highest BCUT2D eigenvalue weighted by Gasteiger charge is 2.34. The molecule has 0 unspecified atom stereocenters. The van der Waals surface area contributed by atoms with Crippen LogP contribution in [0.15, 0.2) is 65.8 Å². The Morgan fingerprint density at radius 2 is 1.69 bits per heavy atom. The third-order valence-electron chi connectivity index (χ3n) is 5.41. The van der Waals surface area contributed by atoms with E-state index < -0.39 is 23.0 Å². The van der Waals surface area contributed by atoms with Crippen LogP contribution in [0.5, 0.6) is 0 Å². The molecule has 7 nitrogen and oxygen atoms in total. The van der Waals surface area contributed by atoms with Crippen LogP contribution in [-0.2, 0) is 15.7 Å². The molecular formula is C25H23F3N4O3S. The van der Waals surface area contributed by atoms with Crippen molar-refractivity contribution in [1.29, 1.82) is 0 Å². The van der Waals surface area contributed by atoms with Crippen molar-refractivity contribution in [3.63, 3.8) is 0 Å². The summed E-state index contributed by atoms with van der Waals surface area (Å²) in [4.78, 5) is 34.9. The average Bonchev–Trinajstić information content (AvgIpc) is 2.89. The zero-order valence-corrected chi connectivity index (χ0v) is 20.1. The molecule has 1 atom stereocenters. The number of aromatic nitrogens is 2. The topological polar surface area (TPSA) is 84.4 Å². The third-order valence-corrected chi connectivity index (χ3v) is 6.38. The maximum atomic E-state index is 13.4. The molecule has 2 amide bonds. The van der Waals surface area contributed by atoms with E-state index in [4.69, 9.17) is 4.74 Å². The molecule has 188 valence electrons.